The minimum Gasteiger partial charge on any atom is -0.320 e. The van der Waals surface area contributed by atoms with E-state index in [-0.39, 0.29) is 5.54 Å². The van der Waals surface area contributed by atoms with Crippen molar-refractivity contribution in [2.45, 2.75) is 37.1 Å². The zero-order chi connectivity index (χ0) is 13.3. The lowest BCUT2D eigenvalue weighted by atomic mass is 9.69. The molecule has 0 saturated heterocycles. The number of nitrogens with two attached hydrogens (primary N) is 1. The smallest absolute Gasteiger partial charge is 0.0931 e. The van der Waals surface area contributed by atoms with Crippen LogP contribution in [0.2, 0.25) is 4.34 Å². The second-order valence-corrected chi connectivity index (χ2v) is 7.07. The Morgan fingerprint density at radius 1 is 1.11 bits per heavy atom. The van der Waals surface area contributed by atoms with Crippen LogP contribution in [0.15, 0.2) is 42.5 Å². The lowest BCUT2D eigenvalue weighted by molar-refractivity contribution is 0.259. The van der Waals surface area contributed by atoms with Crippen molar-refractivity contribution in [2.24, 2.45) is 5.73 Å². The molecule has 3 heteroatoms. The summed E-state index contributed by atoms with van der Waals surface area (Å²) in [6.07, 6.45) is 4.67. The molecule has 100 valence electrons. The number of hydrogen-bond acceptors (Lipinski definition) is 2. The van der Waals surface area contributed by atoms with Crippen molar-refractivity contribution in [1.82, 2.24) is 0 Å². The summed E-state index contributed by atoms with van der Waals surface area (Å²) in [5.41, 5.74) is 7.92. The molecule has 1 nitrogen and oxygen atoms in total. The van der Waals surface area contributed by atoms with Crippen LogP contribution in [-0.2, 0) is 5.54 Å². The molecule has 0 spiro atoms. The Balaban J connectivity index is 2.01. The van der Waals surface area contributed by atoms with Gasteiger partial charge in [0.2, 0.25) is 0 Å². The summed E-state index contributed by atoms with van der Waals surface area (Å²) in [5.74, 6) is 0.400. The van der Waals surface area contributed by atoms with Crippen LogP contribution in [0.25, 0.3) is 0 Å². The van der Waals surface area contributed by atoms with Crippen molar-refractivity contribution in [2.75, 3.05) is 0 Å². The summed E-state index contributed by atoms with van der Waals surface area (Å²) in [6.45, 7) is 0. The molecule has 0 amide bonds. The normalized spacial score (nSPS) is 27.4. The summed E-state index contributed by atoms with van der Waals surface area (Å²) in [4.78, 5) is 1.23. The number of thiophene rings is 1. The molecule has 2 aromatic rings. The molecule has 1 heterocycles. The van der Waals surface area contributed by atoms with Gasteiger partial charge in [0.25, 0.3) is 0 Å². The fourth-order valence-corrected chi connectivity index (χ4v) is 4.44. The van der Waals surface area contributed by atoms with Crippen molar-refractivity contribution in [3.8, 4) is 0 Å². The van der Waals surface area contributed by atoms with Crippen LogP contribution in [0.4, 0.5) is 0 Å². The van der Waals surface area contributed by atoms with E-state index < -0.39 is 0 Å². The van der Waals surface area contributed by atoms with Gasteiger partial charge >= 0.3 is 0 Å². The van der Waals surface area contributed by atoms with Crippen molar-refractivity contribution in [1.29, 1.82) is 0 Å². The molecule has 1 aliphatic rings. The third-order valence-corrected chi connectivity index (χ3v) is 5.61. The fraction of sp³-hybridized carbons (Fsp3) is 0.375. The molecule has 0 radical (unpaired) electrons. The molecule has 1 aromatic heterocycles. The van der Waals surface area contributed by atoms with E-state index in [1.54, 1.807) is 11.3 Å². The first-order chi connectivity index (χ1) is 9.20. The van der Waals surface area contributed by atoms with Gasteiger partial charge in [0.15, 0.2) is 0 Å². The summed E-state index contributed by atoms with van der Waals surface area (Å²) >= 11 is 7.73. The van der Waals surface area contributed by atoms with Crippen LogP contribution < -0.4 is 5.73 Å². The third kappa shape index (κ3) is 2.45. The topological polar surface area (TPSA) is 26.0 Å². The van der Waals surface area contributed by atoms with E-state index in [0.29, 0.717) is 5.92 Å². The second kappa shape index (κ2) is 5.28. The standard InChI is InChI=1S/C16H18ClNS/c17-15-10-9-14(19-15)16(18)11-5-4-8-13(16)12-6-2-1-3-7-12/h1-3,6-7,9-10,13H,4-5,8,11,18H2. The Morgan fingerprint density at radius 3 is 2.58 bits per heavy atom. The number of hydrogen-bond donors (Lipinski definition) is 1. The Hall–Kier alpha value is -0.830. The highest BCUT2D eigenvalue weighted by Crippen LogP contribution is 2.47. The lowest BCUT2D eigenvalue weighted by Crippen LogP contribution is -2.44. The first-order valence-electron chi connectivity index (χ1n) is 6.80. The summed E-state index contributed by atoms with van der Waals surface area (Å²) < 4.78 is 0.831. The van der Waals surface area contributed by atoms with Gasteiger partial charge in [0.05, 0.1) is 9.88 Å². The molecule has 1 saturated carbocycles. The van der Waals surface area contributed by atoms with Crippen molar-refractivity contribution in [3.63, 3.8) is 0 Å². The molecular formula is C16H18ClNS. The molecular weight excluding hydrogens is 274 g/mol. The minimum absolute atomic E-state index is 0.253. The maximum Gasteiger partial charge on any atom is 0.0931 e. The van der Waals surface area contributed by atoms with Gasteiger partial charge in [0.1, 0.15) is 0 Å². The average Bonchev–Trinajstić information content (AvgIpc) is 2.88. The van der Waals surface area contributed by atoms with Gasteiger partial charge in [-0.15, -0.1) is 11.3 Å². The zero-order valence-corrected chi connectivity index (χ0v) is 12.4. The molecule has 1 fully saturated rings. The van der Waals surface area contributed by atoms with Crippen LogP contribution in [0, 0.1) is 0 Å². The summed E-state index contributed by atoms with van der Waals surface area (Å²) in [7, 11) is 0. The summed E-state index contributed by atoms with van der Waals surface area (Å²) in [5, 5.41) is 0. The van der Waals surface area contributed by atoms with E-state index in [1.807, 2.05) is 6.07 Å². The van der Waals surface area contributed by atoms with Gasteiger partial charge in [-0.25, -0.2) is 0 Å². The van der Waals surface area contributed by atoms with Crippen LogP contribution in [-0.4, -0.2) is 0 Å². The molecule has 0 bridgehead atoms. The van der Waals surface area contributed by atoms with Gasteiger partial charge in [-0.3, -0.25) is 0 Å². The van der Waals surface area contributed by atoms with Gasteiger partial charge in [-0.05, 0) is 30.5 Å². The van der Waals surface area contributed by atoms with E-state index in [4.69, 9.17) is 17.3 Å². The van der Waals surface area contributed by atoms with Crippen LogP contribution in [0.5, 0.6) is 0 Å². The first kappa shape index (κ1) is 13.2. The molecule has 2 atom stereocenters. The van der Waals surface area contributed by atoms with Gasteiger partial charge in [-0.1, -0.05) is 54.8 Å². The molecule has 3 rings (SSSR count). The predicted octanol–water partition coefficient (Wildman–Crippen LogP) is 4.91. The average molecular weight is 292 g/mol. The van der Waals surface area contributed by atoms with Gasteiger partial charge in [0, 0.05) is 10.8 Å². The maximum absolute atomic E-state index is 6.82. The molecule has 0 aliphatic heterocycles. The van der Waals surface area contributed by atoms with Crippen molar-refractivity contribution < 1.29 is 0 Å². The van der Waals surface area contributed by atoms with Gasteiger partial charge < -0.3 is 5.73 Å². The fourth-order valence-electron chi connectivity index (χ4n) is 3.21. The number of halogens is 1. The Bertz CT molecular complexity index is 551. The SMILES string of the molecule is NC1(c2ccc(Cl)s2)CCCCC1c1ccccc1. The highest BCUT2D eigenvalue weighted by molar-refractivity contribution is 7.16. The van der Waals surface area contributed by atoms with E-state index in [2.05, 4.69) is 36.4 Å². The molecule has 1 aliphatic carbocycles. The molecule has 1 aromatic carbocycles. The van der Waals surface area contributed by atoms with Crippen LogP contribution in [0.1, 0.15) is 42.0 Å². The maximum atomic E-state index is 6.82. The van der Waals surface area contributed by atoms with E-state index in [1.165, 1.54) is 23.3 Å². The highest BCUT2D eigenvalue weighted by Gasteiger charge is 2.40. The number of rotatable bonds is 2. The Morgan fingerprint density at radius 2 is 1.89 bits per heavy atom. The quantitative estimate of drug-likeness (QED) is 0.835. The second-order valence-electron chi connectivity index (χ2n) is 5.35. The Kier molecular flexibility index (Phi) is 3.66. The predicted molar refractivity (Wildman–Crippen MR) is 82.8 cm³/mol. The molecule has 2 N–H and O–H groups in total. The third-order valence-electron chi connectivity index (χ3n) is 4.19. The van der Waals surface area contributed by atoms with Gasteiger partial charge in [-0.2, -0.15) is 0 Å². The summed E-state index contributed by atoms with van der Waals surface area (Å²) in [6, 6.07) is 14.7. The van der Waals surface area contributed by atoms with Crippen LogP contribution in [0.3, 0.4) is 0 Å². The number of benzene rings is 1. The van der Waals surface area contributed by atoms with Crippen molar-refractivity contribution >= 4 is 22.9 Å². The van der Waals surface area contributed by atoms with E-state index in [0.717, 1.165) is 17.2 Å². The highest BCUT2D eigenvalue weighted by atomic mass is 35.5. The van der Waals surface area contributed by atoms with E-state index >= 15 is 0 Å². The zero-order valence-electron chi connectivity index (χ0n) is 10.8. The largest absolute Gasteiger partial charge is 0.320 e. The first-order valence-corrected chi connectivity index (χ1v) is 7.99. The van der Waals surface area contributed by atoms with E-state index in [9.17, 15) is 0 Å². The van der Waals surface area contributed by atoms with Crippen molar-refractivity contribution in [3.05, 3.63) is 57.2 Å². The Labute approximate surface area is 123 Å². The van der Waals surface area contributed by atoms with Crippen LogP contribution >= 0.6 is 22.9 Å². The minimum atomic E-state index is -0.253. The monoisotopic (exact) mass is 291 g/mol. The lowest BCUT2D eigenvalue weighted by Gasteiger charge is -2.41. The molecule has 2 unspecified atom stereocenters. The molecule has 19 heavy (non-hydrogen) atoms.